The average molecular weight is 471 g/mol. The third kappa shape index (κ3) is 5.13. The maximum atomic E-state index is 14.8. The number of aromatic nitrogens is 5. The van der Waals surface area contributed by atoms with E-state index >= 15 is 0 Å². The Morgan fingerprint density at radius 2 is 2.12 bits per heavy atom. The first-order valence-electron chi connectivity index (χ1n) is 11.9. The van der Waals surface area contributed by atoms with Crippen molar-refractivity contribution >= 4 is 0 Å². The molecule has 2 aliphatic heterocycles. The summed E-state index contributed by atoms with van der Waals surface area (Å²) >= 11 is 0. The van der Waals surface area contributed by atoms with Crippen LogP contribution in [0.15, 0.2) is 43.1 Å². The third-order valence-electron chi connectivity index (χ3n) is 6.71. The SMILES string of the molecule is CC1CCN(CCc2cn(C[C@H]3CO[C@](Cn4ccnc4)(c4ccc(O)cc4F)O3)nn2)CC1. The van der Waals surface area contributed by atoms with Crippen LogP contribution in [0.5, 0.6) is 5.75 Å². The van der Waals surface area contributed by atoms with E-state index in [1.165, 1.54) is 25.0 Å². The van der Waals surface area contributed by atoms with Crippen LogP contribution in [0.25, 0.3) is 0 Å². The van der Waals surface area contributed by atoms with Gasteiger partial charge in [-0.3, -0.25) is 0 Å². The lowest BCUT2D eigenvalue weighted by Gasteiger charge is -2.29. The molecule has 4 heterocycles. The fraction of sp³-hybridized carbons (Fsp3) is 0.542. The number of rotatable bonds is 8. The smallest absolute Gasteiger partial charge is 0.216 e. The Kier molecular flexibility index (Phi) is 6.62. The van der Waals surface area contributed by atoms with E-state index in [9.17, 15) is 9.50 Å². The highest BCUT2D eigenvalue weighted by molar-refractivity contribution is 5.31. The second-order valence-corrected chi connectivity index (χ2v) is 9.41. The van der Waals surface area contributed by atoms with Crippen molar-refractivity contribution in [2.45, 2.75) is 51.2 Å². The molecule has 0 aliphatic carbocycles. The second kappa shape index (κ2) is 9.81. The van der Waals surface area contributed by atoms with E-state index in [2.05, 4.69) is 27.1 Å². The van der Waals surface area contributed by atoms with Crippen molar-refractivity contribution in [1.29, 1.82) is 0 Å². The lowest BCUT2D eigenvalue weighted by molar-refractivity contribution is -0.190. The highest BCUT2D eigenvalue weighted by Gasteiger charge is 2.45. The summed E-state index contributed by atoms with van der Waals surface area (Å²) in [5, 5.41) is 18.2. The Balaban J connectivity index is 1.24. The fourth-order valence-corrected chi connectivity index (χ4v) is 4.71. The Bertz CT molecular complexity index is 1080. The zero-order valence-electron chi connectivity index (χ0n) is 19.4. The first-order valence-corrected chi connectivity index (χ1v) is 11.9. The number of phenols is 1. The van der Waals surface area contributed by atoms with Crippen molar-refractivity contribution < 1.29 is 19.0 Å². The van der Waals surface area contributed by atoms with Crippen LogP contribution in [0, 0.1) is 11.7 Å². The minimum Gasteiger partial charge on any atom is -0.508 e. The van der Waals surface area contributed by atoms with Crippen LogP contribution >= 0.6 is 0 Å². The largest absolute Gasteiger partial charge is 0.508 e. The minimum atomic E-state index is -1.34. The van der Waals surface area contributed by atoms with Gasteiger partial charge in [0, 0.05) is 43.2 Å². The van der Waals surface area contributed by atoms with E-state index < -0.39 is 11.6 Å². The first-order chi connectivity index (χ1) is 16.5. The van der Waals surface area contributed by atoms with Crippen molar-refractivity contribution in [2.24, 2.45) is 5.92 Å². The van der Waals surface area contributed by atoms with Gasteiger partial charge in [0.25, 0.3) is 0 Å². The normalized spacial score (nSPS) is 24.1. The van der Waals surface area contributed by atoms with Gasteiger partial charge in [0.15, 0.2) is 0 Å². The van der Waals surface area contributed by atoms with Crippen LogP contribution in [0.4, 0.5) is 4.39 Å². The summed E-state index contributed by atoms with van der Waals surface area (Å²) in [4.78, 5) is 6.55. The third-order valence-corrected chi connectivity index (χ3v) is 6.71. The summed E-state index contributed by atoms with van der Waals surface area (Å²) in [6.07, 6.45) is 10.0. The maximum absolute atomic E-state index is 14.8. The summed E-state index contributed by atoms with van der Waals surface area (Å²) in [5.74, 6) is -1.25. The van der Waals surface area contributed by atoms with E-state index in [4.69, 9.17) is 9.47 Å². The molecule has 0 radical (unpaired) electrons. The number of halogens is 1. The zero-order valence-corrected chi connectivity index (χ0v) is 19.4. The van der Waals surface area contributed by atoms with Crippen LogP contribution in [-0.4, -0.2) is 66.9 Å². The first kappa shape index (κ1) is 22.9. The van der Waals surface area contributed by atoms with Gasteiger partial charge in [-0.05, 0) is 44.0 Å². The number of phenolic OH excluding ortho intramolecular Hbond substituents is 1. The summed E-state index contributed by atoms with van der Waals surface area (Å²) in [7, 11) is 0. The molecule has 0 saturated carbocycles. The Morgan fingerprint density at radius 1 is 1.26 bits per heavy atom. The van der Waals surface area contributed by atoms with Crippen molar-refractivity contribution in [2.75, 3.05) is 26.2 Å². The van der Waals surface area contributed by atoms with Crippen molar-refractivity contribution in [3.63, 3.8) is 0 Å². The molecular weight excluding hydrogens is 439 g/mol. The molecule has 1 aromatic carbocycles. The summed E-state index contributed by atoms with van der Waals surface area (Å²) in [6, 6.07) is 4.00. The quantitative estimate of drug-likeness (QED) is 0.541. The van der Waals surface area contributed by atoms with Crippen molar-refractivity contribution in [3.05, 3.63) is 60.2 Å². The molecule has 0 bridgehead atoms. The van der Waals surface area contributed by atoms with Crippen LogP contribution in [0.3, 0.4) is 0 Å². The number of nitrogens with zero attached hydrogens (tertiary/aromatic N) is 6. The zero-order chi connectivity index (χ0) is 23.5. The fourth-order valence-electron chi connectivity index (χ4n) is 4.71. The predicted molar refractivity (Wildman–Crippen MR) is 121 cm³/mol. The number of benzene rings is 1. The number of piperidine rings is 1. The summed E-state index contributed by atoms with van der Waals surface area (Å²) < 4.78 is 30.8. The molecule has 0 unspecified atom stereocenters. The highest BCUT2D eigenvalue weighted by atomic mass is 19.1. The Hall–Kier alpha value is -2.82. The van der Waals surface area contributed by atoms with Crippen LogP contribution in [0.1, 0.15) is 31.0 Å². The van der Waals surface area contributed by atoms with Gasteiger partial charge in [0.05, 0.1) is 31.7 Å². The average Bonchev–Trinajstić information content (AvgIpc) is 3.57. The molecule has 5 rings (SSSR count). The maximum Gasteiger partial charge on any atom is 0.216 e. The predicted octanol–water partition coefficient (Wildman–Crippen LogP) is 2.56. The van der Waals surface area contributed by atoms with E-state index in [0.717, 1.165) is 43.7 Å². The van der Waals surface area contributed by atoms with Crippen molar-refractivity contribution in [1.82, 2.24) is 29.4 Å². The molecule has 2 atom stereocenters. The molecule has 3 aromatic rings. The molecule has 0 amide bonds. The topological polar surface area (TPSA) is 90.5 Å². The lowest BCUT2D eigenvalue weighted by Crippen LogP contribution is -2.35. The van der Waals surface area contributed by atoms with E-state index in [0.29, 0.717) is 6.54 Å². The molecule has 182 valence electrons. The number of imidazole rings is 1. The molecular formula is C24H31FN6O3. The molecule has 1 N–H and O–H groups in total. The van der Waals surface area contributed by atoms with E-state index in [1.54, 1.807) is 28.0 Å². The minimum absolute atomic E-state index is 0.150. The Morgan fingerprint density at radius 3 is 2.88 bits per heavy atom. The van der Waals surface area contributed by atoms with Gasteiger partial charge in [-0.2, -0.15) is 0 Å². The van der Waals surface area contributed by atoms with Gasteiger partial charge in [-0.1, -0.05) is 12.1 Å². The molecule has 2 saturated heterocycles. The van der Waals surface area contributed by atoms with Crippen molar-refractivity contribution in [3.8, 4) is 5.75 Å². The highest BCUT2D eigenvalue weighted by Crippen LogP contribution is 2.38. The second-order valence-electron chi connectivity index (χ2n) is 9.41. The lowest BCUT2D eigenvalue weighted by atomic mass is 9.99. The molecule has 2 fully saturated rings. The van der Waals surface area contributed by atoms with Crippen LogP contribution in [-0.2, 0) is 34.8 Å². The number of ether oxygens (including phenoxy) is 2. The number of aromatic hydroxyl groups is 1. The van der Waals surface area contributed by atoms with Gasteiger partial charge in [0.1, 0.15) is 17.7 Å². The monoisotopic (exact) mass is 470 g/mol. The molecule has 10 heteroatoms. The van der Waals surface area contributed by atoms with Gasteiger partial charge in [-0.25, -0.2) is 14.1 Å². The van der Waals surface area contributed by atoms with E-state index in [-0.39, 0.29) is 30.6 Å². The van der Waals surface area contributed by atoms with Crippen LogP contribution in [0.2, 0.25) is 0 Å². The van der Waals surface area contributed by atoms with Gasteiger partial charge in [0.2, 0.25) is 5.79 Å². The van der Waals surface area contributed by atoms with Gasteiger partial charge >= 0.3 is 0 Å². The standard InChI is InChI=1S/C24H31FN6O3/c1-18-4-8-29(9-5-18)10-6-19-13-31(28-27-19)14-21-15-33-24(34-21,16-30-11-7-26-17-30)22-3-2-20(32)12-23(22)25/h2-3,7,11-13,17-18,21,32H,4-6,8-10,14-16H2,1H3/t21-,24-/m0/s1. The molecule has 34 heavy (non-hydrogen) atoms. The van der Waals surface area contributed by atoms with Gasteiger partial charge < -0.3 is 24.0 Å². The molecule has 9 nitrogen and oxygen atoms in total. The summed E-state index contributed by atoms with van der Waals surface area (Å²) in [6.45, 7) is 6.54. The summed E-state index contributed by atoms with van der Waals surface area (Å²) in [5.41, 5.74) is 1.18. The molecule has 2 aromatic heterocycles. The van der Waals surface area contributed by atoms with E-state index in [1.807, 2.05) is 6.20 Å². The Labute approximate surface area is 198 Å². The number of hydrogen-bond donors (Lipinski definition) is 1. The molecule has 0 spiro atoms. The molecule has 2 aliphatic rings. The van der Waals surface area contributed by atoms with Gasteiger partial charge in [-0.15, -0.1) is 5.10 Å². The number of hydrogen-bond acceptors (Lipinski definition) is 7. The van der Waals surface area contributed by atoms with Crippen LogP contribution < -0.4 is 0 Å². The number of likely N-dealkylation sites (tertiary alicyclic amines) is 1.